The Hall–Kier alpha value is -1.61. The Morgan fingerprint density at radius 3 is 2.81 bits per heavy atom. The molecule has 0 saturated carbocycles. The highest BCUT2D eigenvalue weighted by molar-refractivity contribution is 6.31. The summed E-state index contributed by atoms with van der Waals surface area (Å²) in [7, 11) is 0. The number of hydrogen-bond acceptors (Lipinski definition) is 2. The van der Waals surface area contributed by atoms with E-state index in [0.29, 0.717) is 16.1 Å². The van der Waals surface area contributed by atoms with Gasteiger partial charge in [0, 0.05) is 22.5 Å². The van der Waals surface area contributed by atoms with Crippen molar-refractivity contribution < 1.29 is 4.79 Å². The molecule has 0 saturated heterocycles. The van der Waals surface area contributed by atoms with Crippen molar-refractivity contribution in [3.05, 3.63) is 45.2 Å². The van der Waals surface area contributed by atoms with Gasteiger partial charge in [0.1, 0.15) is 5.78 Å². The van der Waals surface area contributed by atoms with Crippen LogP contribution in [-0.4, -0.2) is 10.8 Å². The van der Waals surface area contributed by atoms with Gasteiger partial charge in [0.15, 0.2) is 0 Å². The van der Waals surface area contributed by atoms with Crippen molar-refractivity contribution in [1.82, 2.24) is 4.98 Å². The third-order valence-electron chi connectivity index (χ3n) is 2.32. The Kier molecular flexibility index (Phi) is 2.79. The second-order valence-corrected chi connectivity index (χ2v) is 4.17. The Morgan fingerprint density at radius 2 is 2.12 bits per heavy atom. The summed E-state index contributed by atoms with van der Waals surface area (Å²) in [4.78, 5) is 25.3. The molecule has 2 rings (SSSR count). The average Bonchev–Trinajstić information content (AvgIpc) is 2.19. The van der Waals surface area contributed by atoms with Crippen LogP contribution in [0.4, 0.5) is 0 Å². The standard InChI is InChI=1S/C12H10ClNO2/c1-7(15)4-9-5-8-2-3-10(13)6-11(8)14-12(9)16/h2-3,5-6H,4H2,1H3,(H,14,16). The Labute approximate surface area is 97.1 Å². The largest absolute Gasteiger partial charge is 0.322 e. The lowest BCUT2D eigenvalue weighted by Crippen LogP contribution is -2.14. The average molecular weight is 236 g/mol. The fourth-order valence-electron chi connectivity index (χ4n) is 1.62. The zero-order valence-corrected chi connectivity index (χ0v) is 9.47. The molecule has 0 aliphatic carbocycles. The first kappa shape index (κ1) is 10.9. The smallest absolute Gasteiger partial charge is 0.252 e. The minimum atomic E-state index is -0.232. The number of hydrogen-bond donors (Lipinski definition) is 1. The van der Waals surface area contributed by atoms with E-state index in [9.17, 15) is 9.59 Å². The molecule has 0 atom stereocenters. The summed E-state index contributed by atoms with van der Waals surface area (Å²) in [6, 6.07) is 6.98. The fraction of sp³-hybridized carbons (Fsp3) is 0.167. The van der Waals surface area contributed by atoms with E-state index in [4.69, 9.17) is 11.6 Å². The highest BCUT2D eigenvalue weighted by Crippen LogP contribution is 2.17. The lowest BCUT2D eigenvalue weighted by Gasteiger charge is -2.01. The zero-order valence-electron chi connectivity index (χ0n) is 8.71. The van der Waals surface area contributed by atoms with Gasteiger partial charge in [0.25, 0.3) is 5.56 Å². The number of pyridine rings is 1. The van der Waals surface area contributed by atoms with Crippen LogP contribution >= 0.6 is 11.6 Å². The molecule has 0 fully saturated rings. The molecule has 1 aromatic carbocycles. The highest BCUT2D eigenvalue weighted by atomic mass is 35.5. The van der Waals surface area contributed by atoms with Crippen molar-refractivity contribution in [2.75, 3.05) is 0 Å². The first-order valence-electron chi connectivity index (χ1n) is 4.87. The fourth-order valence-corrected chi connectivity index (χ4v) is 1.79. The number of aromatic amines is 1. The molecule has 1 heterocycles. The Balaban J connectivity index is 2.63. The first-order valence-corrected chi connectivity index (χ1v) is 5.25. The van der Waals surface area contributed by atoms with Gasteiger partial charge in [-0.25, -0.2) is 0 Å². The summed E-state index contributed by atoms with van der Waals surface area (Å²) in [6.07, 6.45) is 0.161. The van der Waals surface area contributed by atoms with Crippen molar-refractivity contribution in [2.45, 2.75) is 13.3 Å². The molecule has 0 aliphatic rings. The van der Waals surface area contributed by atoms with Crippen LogP contribution in [0, 0.1) is 0 Å². The molecule has 2 aromatic rings. The summed E-state index contributed by atoms with van der Waals surface area (Å²) < 4.78 is 0. The molecule has 1 N–H and O–H groups in total. The quantitative estimate of drug-likeness (QED) is 0.869. The number of rotatable bonds is 2. The monoisotopic (exact) mass is 235 g/mol. The predicted molar refractivity (Wildman–Crippen MR) is 64.0 cm³/mol. The SMILES string of the molecule is CC(=O)Cc1cc2ccc(Cl)cc2[nH]c1=O. The number of carbonyl (C=O) groups excluding carboxylic acids is 1. The summed E-state index contributed by atoms with van der Waals surface area (Å²) in [5.41, 5.74) is 0.942. The van der Waals surface area contributed by atoms with Crippen LogP contribution in [-0.2, 0) is 11.2 Å². The predicted octanol–water partition coefficient (Wildman–Crippen LogP) is 2.31. The Bertz CT molecular complexity index is 616. The van der Waals surface area contributed by atoms with Gasteiger partial charge < -0.3 is 4.98 Å². The van der Waals surface area contributed by atoms with Gasteiger partial charge in [-0.05, 0) is 30.5 Å². The molecular formula is C12H10ClNO2. The van der Waals surface area contributed by atoms with Gasteiger partial charge in [0.2, 0.25) is 0 Å². The van der Waals surface area contributed by atoms with E-state index in [1.807, 2.05) is 6.07 Å². The Morgan fingerprint density at radius 1 is 1.38 bits per heavy atom. The van der Waals surface area contributed by atoms with E-state index in [2.05, 4.69) is 4.98 Å². The molecule has 0 unspecified atom stereocenters. The van der Waals surface area contributed by atoms with E-state index in [-0.39, 0.29) is 17.8 Å². The maximum Gasteiger partial charge on any atom is 0.252 e. The third kappa shape index (κ3) is 2.14. The number of aromatic nitrogens is 1. The molecule has 82 valence electrons. The van der Waals surface area contributed by atoms with E-state index >= 15 is 0 Å². The molecule has 0 amide bonds. The van der Waals surface area contributed by atoms with E-state index < -0.39 is 0 Å². The summed E-state index contributed by atoms with van der Waals surface area (Å²) in [5.74, 6) is -0.0289. The number of ketones is 1. The van der Waals surface area contributed by atoms with Gasteiger partial charge in [0.05, 0.1) is 0 Å². The molecule has 0 aliphatic heterocycles. The summed E-state index contributed by atoms with van der Waals surface area (Å²) in [6.45, 7) is 1.46. The van der Waals surface area contributed by atoms with Crippen molar-refractivity contribution in [2.24, 2.45) is 0 Å². The second kappa shape index (κ2) is 4.10. The van der Waals surface area contributed by atoms with Crippen LogP contribution in [0.3, 0.4) is 0 Å². The first-order chi connectivity index (χ1) is 7.56. The van der Waals surface area contributed by atoms with Gasteiger partial charge >= 0.3 is 0 Å². The normalized spacial score (nSPS) is 10.6. The van der Waals surface area contributed by atoms with Crippen molar-refractivity contribution in [3.63, 3.8) is 0 Å². The van der Waals surface area contributed by atoms with Gasteiger partial charge in [-0.15, -0.1) is 0 Å². The molecule has 3 nitrogen and oxygen atoms in total. The maximum atomic E-state index is 11.6. The number of benzene rings is 1. The van der Waals surface area contributed by atoms with Crippen molar-refractivity contribution in [1.29, 1.82) is 0 Å². The number of Topliss-reactive ketones (excluding diaryl/α,β-unsaturated/α-hetero) is 1. The maximum absolute atomic E-state index is 11.6. The molecule has 0 bridgehead atoms. The number of halogens is 1. The van der Waals surface area contributed by atoms with Crippen LogP contribution < -0.4 is 5.56 Å². The van der Waals surface area contributed by atoms with Gasteiger partial charge in [-0.3, -0.25) is 9.59 Å². The molecule has 16 heavy (non-hydrogen) atoms. The molecule has 4 heteroatoms. The number of fused-ring (bicyclic) bond motifs is 1. The minimum Gasteiger partial charge on any atom is -0.322 e. The molecular weight excluding hydrogens is 226 g/mol. The lowest BCUT2D eigenvalue weighted by atomic mass is 10.1. The van der Waals surface area contributed by atoms with E-state index in [1.54, 1.807) is 18.2 Å². The van der Waals surface area contributed by atoms with Gasteiger partial charge in [-0.2, -0.15) is 0 Å². The van der Waals surface area contributed by atoms with Crippen molar-refractivity contribution in [3.8, 4) is 0 Å². The van der Waals surface area contributed by atoms with E-state index in [0.717, 1.165) is 5.39 Å². The van der Waals surface area contributed by atoms with Crippen LogP contribution in [0.1, 0.15) is 12.5 Å². The third-order valence-corrected chi connectivity index (χ3v) is 2.56. The van der Waals surface area contributed by atoms with Crippen molar-refractivity contribution >= 4 is 28.3 Å². The summed E-state index contributed by atoms with van der Waals surface area (Å²) >= 11 is 5.82. The minimum absolute atomic E-state index is 0.0289. The zero-order chi connectivity index (χ0) is 11.7. The molecule has 1 aromatic heterocycles. The van der Waals surface area contributed by atoms with Gasteiger partial charge in [-0.1, -0.05) is 17.7 Å². The van der Waals surface area contributed by atoms with Crippen LogP contribution in [0.5, 0.6) is 0 Å². The van der Waals surface area contributed by atoms with Crippen LogP contribution in [0.15, 0.2) is 29.1 Å². The van der Waals surface area contributed by atoms with Crippen LogP contribution in [0.25, 0.3) is 10.9 Å². The van der Waals surface area contributed by atoms with E-state index in [1.165, 1.54) is 6.92 Å². The topological polar surface area (TPSA) is 49.9 Å². The van der Waals surface area contributed by atoms with Crippen LogP contribution in [0.2, 0.25) is 5.02 Å². The molecule has 0 radical (unpaired) electrons. The number of carbonyl (C=O) groups is 1. The highest BCUT2D eigenvalue weighted by Gasteiger charge is 2.05. The number of nitrogens with one attached hydrogen (secondary N) is 1. The summed E-state index contributed by atoms with van der Waals surface area (Å²) in [5, 5.41) is 1.45. The second-order valence-electron chi connectivity index (χ2n) is 3.73. The molecule has 0 spiro atoms. The lowest BCUT2D eigenvalue weighted by molar-refractivity contribution is -0.116. The number of H-pyrrole nitrogens is 1.